The first-order valence-electron chi connectivity index (χ1n) is 11.5. The van der Waals surface area contributed by atoms with E-state index in [2.05, 4.69) is 31.7 Å². The van der Waals surface area contributed by atoms with Gasteiger partial charge in [0.15, 0.2) is 0 Å². The summed E-state index contributed by atoms with van der Waals surface area (Å²) in [6.07, 6.45) is 6.37. The summed E-state index contributed by atoms with van der Waals surface area (Å²) in [6.45, 7) is 2.31. The highest BCUT2D eigenvalue weighted by Crippen LogP contribution is 2.31. The summed E-state index contributed by atoms with van der Waals surface area (Å²) in [4.78, 5) is 25.3. The van der Waals surface area contributed by atoms with Gasteiger partial charge in [-0.3, -0.25) is 9.52 Å². The van der Waals surface area contributed by atoms with Crippen LogP contribution >= 0.6 is 0 Å². The van der Waals surface area contributed by atoms with Crippen molar-refractivity contribution in [1.29, 1.82) is 0 Å². The number of carbonyl (C=O) groups excluding carboxylic acids is 1. The molecule has 34 heavy (non-hydrogen) atoms. The quantitative estimate of drug-likeness (QED) is 0.599. The van der Waals surface area contributed by atoms with Crippen molar-refractivity contribution in [3.63, 3.8) is 0 Å². The number of aromatic nitrogens is 2. The minimum atomic E-state index is -3.73. The van der Waals surface area contributed by atoms with E-state index in [0.717, 1.165) is 56.7 Å². The van der Waals surface area contributed by atoms with Crippen LogP contribution in [0.2, 0.25) is 0 Å². The number of nitrogens with one attached hydrogen (secondary N) is 1. The van der Waals surface area contributed by atoms with Gasteiger partial charge in [-0.2, -0.15) is 0 Å². The summed E-state index contributed by atoms with van der Waals surface area (Å²) in [5.41, 5.74) is 3.27. The van der Waals surface area contributed by atoms with Crippen LogP contribution in [0.3, 0.4) is 0 Å². The monoisotopic (exact) mass is 479 g/mol. The molecule has 0 aliphatic carbocycles. The van der Waals surface area contributed by atoms with Crippen LogP contribution in [-0.2, 0) is 21.2 Å². The van der Waals surface area contributed by atoms with Crippen molar-refractivity contribution in [3.8, 4) is 0 Å². The predicted octanol–water partition coefficient (Wildman–Crippen LogP) is 3.72. The van der Waals surface area contributed by atoms with Crippen molar-refractivity contribution in [2.75, 3.05) is 34.2 Å². The van der Waals surface area contributed by atoms with Crippen molar-refractivity contribution in [2.45, 2.75) is 30.6 Å². The average Bonchev–Trinajstić information content (AvgIpc) is 2.88. The number of amides is 1. The lowest BCUT2D eigenvalue weighted by Crippen LogP contribution is -2.44. The van der Waals surface area contributed by atoms with Crippen LogP contribution in [0.4, 0.5) is 17.2 Å². The smallest absolute Gasteiger partial charge is 0.263 e. The van der Waals surface area contributed by atoms with Crippen molar-refractivity contribution in [2.24, 2.45) is 5.92 Å². The summed E-state index contributed by atoms with van der Waals surface area (Å²) in [5, 5.41) is 0. The van der Waals surface area contributed by atoms with Gasteiger partial charge in [-0.15, -0.1) is 0 Å². The molecule has 2 aliphatic rings. The second-order valence-corrected chi connectivity index (χ2v) is 10.4. The Balaban J connectivity index is 0.00000289. The number of nitrogens with zero attached hydrogens (tertiary/aromatic N) is 4. The third-order valence-corrected chi connectivity index (χ3v) is 7.92. The van der Waals surface area contributed by atoms with Gasteiger partial charge in [0.1, 0.15) is 12.1 Å². The first-order chi connectivity index (χ1) is 16.5. The molecule has 1 aromatic heterocycles. The third-order valence-electron chi connectivity index (χ3n) is 6.55. The number of hydrogen-bond donors (Lipinski definition) is 1. The van der Waals surface area contributed by atoms with Crippen molar-refractivity contribution in [3.05, 3.63) is 72.7 Å². The molecule has 5 rings (SSSR count). The number of anilines is 3. The molecule has 3 aromatic rings. The van der Waals surface area contributed by atoms with Gasteiger partial charge in [-0.1, -0.05) is 18.2 Å². The Labute approximate surface area is 201 Å². The Kier molecular flexibility index (Phi) is 6.19. The number of para-hydroxylation sites is 1. The minimum Gasteiger partial charge on any atom is -0.371 e. The van der Waals surface area contributed by atoms with E-state index in [9.17, 15) is 13.2 Å². The maximum absolute atomic E-state index is 13.3. The highest BCUT2D eigenvalue weighted by atomic mass is 32.2. The van der Waals surface area contributed by atoms with Crippen LogP contribution in [0.5, 0.6) is 0 Å². The molecule has 0 atom stereocenters. The molecule has 1 saturated heterocycles. The maximum Gasteiger partial charge on any atom is 0.263 e. The molecular weight excluding hydrogens is 450 g/mol. The van der Waals surface area contributed by atoms with Crippen LogP contribution in [0.25, 0.3) is 0 Å². The fourth-order valence-electron chi connectivity index (χ4n) is 4.75. The van der Waals surface area contributed by atoms with Gasteiger partial charge in [0.05, 0.1) is 4.90 Å². The molecule has 8 nitrogen and oxygen atoms in total. The molecule has 9 heteroatoms. The van der Waals surface area contributed by atoms with E-state index < -0.39 is 10.0 Å². The van der Waals surface area contributed by atoms with E-state index in [1.54, 1.807) is 12.1 Å². The average molecular weight is 480 g/mol. The SMILES string of the molecule is O=C(C1CCN(c2ccc(S(=O)(=O)Nc3ccncn3)cc2)CC1)N1CCCc2ccccc21.[HH]. The minimum absolute atomic E-state index is 0. The molecule has 3 heterocycles. The number of sulfonamides is 1. The zero-order chi connectivity index (χ0) is 23.5. The molecule has 1 N–H and O–H groups in total. The van der Waals surface area contributed by atoms with Gasteiger partial charge < -0.3 is 9.80 Å². The van der Waals surface area contributed by atoms with Crippen molar-refractivity contribution < 1.29 is 14.6 Å². The highest BCUT2D eigenvalue weighted by Gasteiger charge is 2.31. The van der Waals surface area contributed by atoms with E-state index in [1.807, 2.05) is 29.2 Å². The molecular formula is C25H29N5O3S. The second-order valence-electron chi connectivity index (χ2n) is 8.68. The van der Waals surface area contributed by atoms with E-state index in [1.165, 1.54) is 24.2 Å². The van der Waals surface area contributed by atoms with E-state index in [-0.39, 0.29) is 24.0 Å². The number of fused-ring (bicyclic) bond motifs is 1. The molecule has 0 saturated carbocycles. The zero-order valence-electron chi connectivity index (χ0n) is 18.8. The summed E-state index contributed by atoms with van der Waals surface area (Å²) >= 11 is 0. The fourth-order valence-corrected chi connectivity index (χ4v) is 5.76. The number of hydrogen-bond acceptors (Lipinski definition) is 6. The molecule has 2 aliphatic heterocycles. The standard InChI is InChI=1S/C25H27N5O3S.H2/c31-25(30-15-3-5-19-4-1-2-6-23(19)30)20-12-16-29(17-13-20)21-7-9-22(10-8-21)34(32,33)28-24-11-14-26-18-27-24;/h1-2,4,6-11,14,18,20H,3,5,12-13,15-17H2,(H,26,27,28);1H. The number of piperidine rings is 1. The molecule has 0 bridgehead atoms. The molecule has 1 fully saturated rings. The van der Waals surface area contributed by atoms with Gasteiger partial charge in [0.2, 0.25) is 5.91 Å². The number of benzene rings is 2. The maximum atomic E-state index is 13.3. The Morgan fingerprint density at radius 1 is 1.00 bits per heavy atom. The predicted molar refractivity (Wildman–Crippen MR) is 133 cm³/mol. The van der Waals surface area contributed by atoms with Crippen LogP contribution in [0.1, 0.15) is 26.3 Å². The summed E-state index contributed by atoms with van der Waals surface area (Å²) in [7, 11) is -3.73. The molecule has 0 radical (unpaired) electrons. The highest BCUT2D eigenvalue weighted by molar-refractivity contribution is 7.92. The van der Waals surface area contributed by atoms with Crippen LogP contribution < -0.4 is 14.5 Å². The Bertz CT molecular complexity index is 1260. The van der Waals surface area contributed by atoms with Crippen LogP contribution in [0.15, 0.2) is 72.0 Å². The number of rotatable bonds is 5. The first-order valence-corrected chi connectivity index (χ1v) is 13.0. The zero-order valence-corrected chi connectivity index (χ0v) is 19.6. The largest absolute Gasteiger partial charge is 0.371 e. The summed E-state index contributed by atoms with van der Waals surface area (Å²) < 4.78 is 27.7. The van der Waals surface area contributed by atoms with Crippen LogP contribution in [-0.4, -0.2) is 43.9 Å². The molecule has 178 valence electrons. The lowest BCUT2D eigenvalue weighted by Gasteiger charge is -2.37. The Morgan fingerprint density at radius 3 is 2.50 bits per heavy atom. The lowest BCUT2D eigenvalue weighted by atomic mass is 9.93. The summed E-state index contributed by atoms with van der Waals surface area (Å²) in [5.74, 6) is 0.463. The topological polar surface area (TPSA) is 95.5 Å². The summed E-state index contributed by atoms with van der Waals surface area (Å²) in [6, 6.07) is 16.5. The third kappa shape index (κ3) is 4.61. The fraction of sp³-hybridized carbons (Fsp3) is 0.320. The van der Waals surface area contributed by atoms with E-state index in [0.29, 0.717) is 0 Å². The Hall–Kier alpha value is -3.46. The van der Waals surface area contributed by atoms with Crippen molar-refractivity contribution in [1.82, 2.24) is 9.97 Å². The number of carbonyl (C=O) groups is 1. The van der Waals surface area contributed by atoms with Gasteiger partial charge in [-0.25, -0.2) is 18.4 Å². The van der Waals surface area contributed by atoms with E-state index >= 15 is 0 Å². The molecule has 0 spiro atoms. The van der Waals surface area contributed by atoms with Crippen molar-refractivity contribution >= 4 is 33.1 Å². The first kappa shape index (κ1) is 22.3. The van der Waals surface area contributed by atoms with Gasteiger partial charge in [-0.05, 0) is 67.6 Å². The van der Waals surface area contributed by atoms with Crippen LogP contribution in [0, 0.1) is 5.92 Å². The van der Waals surface area contributed by atoms with Gasteiger partial charge >= 0.3 is 0 Å². The van der Waals surface area contributed by atoms with Gasteiger partial charge in [0.25, 0.3) is 10.0 Å². The molecule has 2 aromatic carbocycles. The molecule has 1 amide bonds. The number of aryl methyl sites for hydroxylation is 1. The second kappa shape index (κ2) is 9.42. The normalized spacial score (nSPS) is 16.7. The van der Waals surface area contributed by atoms with E-state index in [4.69, 9.17) is 0 Å². The molecule has 0 unspecified atom stereocenters. The lowest BCUT2D eigenvalue weighted by molar-refractivity contribution is -0.123. The van der Waals surface area contributed by atoms with Gasteiger partial charge in [0, 0.05) is 44.6 Å². The Morgan fingerprint density at radius 2 is 1.76 bits per heavy atom.